The van der Waals surface area contributed by atoms with Crippen molar-refractivity contribution in [2.24, 2.45) is 5.92 Å². The SMILES string of the molecule is O=C(c1cccc(F)c1)c1ccc2c(c1)C1(OCCCO1)C(=O)N2CC1CC1. The van der Waals surface area contributed by atoms with Gasteiger partial charge in [0, 0.05) is 23.2 Å². The predicted octanol–water partition coefficient (Wildman–Crippen LogP) is 3.40. The summed E-state index contributed by atoms with van der Waals surface area (Å²) in [4.78, 5) is 27.8. The van der Waals surface area contributed by atoms with Gasteiger partial charge in [0.25, 0.3) is 11.7 Å². The van der Waals surface area contributed by atoms with E-state index >= 15 is 0 Å². The summed E-state index contributed by atoms with van der Waals surface area (Å²) in [7, 11) is 0. The minimum atomic E-state index is -1.47. The van der Waals surface area contributed by atoms with Gasteiger partial charge in [-0.05, 0) is 55.5 Å². The fraction of sp³-hybridized carbons (Fsp3) is 0.364. The number of nitrogens with zero attached hydrogens (tertiary/aromatic N) is 1. The average Bonchev–Trinajstić information content (AvgIpc) is 3.52. The monoisotopic (exact) mass is 381 g/mol. The van der Waals surface area contributed by atoms with E-state index in [-0.39, 0.29) is 17.3 Å². The summed E-state index contributed by atoms with van der Waals surface area (Å²) in [5.74, 6) is -1.95. The summed E-state index contributed by atoms with van der Waals surface area (Å²) in [6.07, 6.45) is 2.95. The Labute approximate surface area is 162 Å². The van der Waals surface area contributed by atoms with Crippen molar-refractivity contribution < 1.29 is 23.5 Å². The Balaban J connectivity index is 1.57. The van der Waals surface area contributed by atoms with Crippen molar-refractivity contribution in [1.82, 2.24) is 0 Å². The Morgan fingerprint density at radius 3 is 2.57 bits per heavy atom. The van der Waals surface area contributed by atoms with E-state index < -0.39 is 11.6 Å². The zero-order chi connectivity index (χ0) is 19.3. The third kappa shape index (κ3) is 2.75. The smallest absolute Gasteiger partial charge is 0.292 e. The molecule has 0 bridgehead atoms. The minimum absolute atomic E-state index is 0.218. The van der Waals surface area contributed by atoms with Crippen LogP contribution in [0.4, 0.5) is 10.1 Å². The number of fused-ring (bicyclic) bond motifs is 2. The Hall–Kier alpha value is -2.57. The highest BCUT2D eigenvalue weighted by atomic mass is 19.1. The van der Waals surface area contributed by atoms with Crippen molar-refractivity contribution in [3.63, 3.8) is 0 Å². The molecule has 5 nitrogen and oxygen atoms in total. The zero-order valence-electron chi connectivity index (χ0n) is 15.3. The highest BCUT2D eigenvalue weighted by Crippen LogP contribution is 2.47. The van der Waals surface area contributed by atoms with Crippen molar-refractivity contribution in [3.8, 4) is 0 Å². The van der Waals surface area contributed by atoms with Crippen molar-refractivity contribution >= 4 is 17.4 Å². The number of halogens is 1. The lowest BCUT2D eigenvalue weighted by Crippen LogP contribution is -2.47. The molecule has 0 atom stereocenters. The number of hydrogen-bond donors (Lipinski definition) is 0. The molecule has 1 amide bonds. The topological polar surface area (TPSA) is 55.8 Å². The lowest BCUT2D eigenvalue weighted by molar-refractivity contribution is -0.256. The normalized spacial score (nSPS) is 20.5. The summed E-state index contributed by atoms with van der Waals surface area (Å²) in [6, 6.07) is 10.7. The third-order valence-electron chi connectivity index (χ3n) is 5.55. The first-order valence-electron chi connectivity index (χ1n) is 9.63. The molecule has 1 saturated carbocycles. The van der Waals surface area contributed by atoms with Crippen LogP contribution in [-0.2, 0) is 20.1 Å². The summed E-state index contributed by atoms with van der Waals surface area (Å²) >= 11 is 0. The van der Waals surface area contributed by atoms with Crippen LogP contribution in [0.3, 0.4) is 0 Å². The van der Waals surface area contributed by atoms with Gasteiger partial charge in [-0.15, -0.1) is 0 Å². The van der Waals surface area contributed by atoms with Gasteiger partial charge in [-0.2, -0.15) is 0 Å². The van der Waals surface area contributed by atoms with Crippen LogP contribution in [0.1, 0.15) is 40.7 Å². The Morgan fingerprint density at radius 1 is 1.11 bits per heavy atom. The van der Waals surface area contributed by atoms with E-state index in [9.17, 15) is 14.0 Å². The molecule has 28 heavy (non-hydrogen) atoms. The summed E-state index contributed by atoms with van der Waals surface area (Å²) in [6.45, 7) is 1.48. The molecular weight excluding hydrogens is 361 g/mol. The van der Waals surface area contributed by atoms with Gasteiger partial charge in [-0.1, -0.05) is 12.1 Å². The van der Waals surface area contributed by atoms with E-state index in [1.807, 2.05) is 0 Å². The van der Waals surface area contributed by atoms with Crippen LogP contribution in [0.15, 0.2) is 42.5 Å². The number of rotatable bonds is 4. The number of ether oxygens (including phenoxy) is 2. The maximum Gasteiger partial charge on any atom is 0.292 e. The second kappa shape index (κ2) is 6.50. The number of amides is 1. The molecule has 0 N–H and O–H groups in total. The van der Waals surface area contributed by atoms with E-state index in [1.165, 1.54) is 18.2 Å². The molecule has 0 unspecified atom stereocenters. The minimum Gasteiger partial charge on any atom is -0.338 e. The van der Waals surface area contributed by atoms with Gasteiger partial charge in [-0.3, -0.25) is 9.59 Å². The lowest BCUT2D eigenvalue weighted by atomic mass is 9.97. The second-order valence-corrected chi connectivity index (χ2v) is 7.60. The first-order chi connectivity index (χ1) is 13.6. The number of benzene rings is 2. The van der Waals surface area contributed by atoms with E-state index in [2.05, 4.69) is 0 Å². The predicted molar refractivity (Wildman–Crippen MR) is 99.6 cm³/mol. The standard InChI is InChI=1S/C22H20FNO4/c23-17-4-1-3-15(11-17)20(25)16-7-8-19-18(12-16)22(27-9-2-10-28-22)21(26)24(19)13-14-5-6-14/h1,3-4,7-8,11-12,14H,2,5-6,9-10,13H2. The number of hydrogen-bond acceptors (Lipinski definition) is 4. The molecule has 2 heterocycles. The van der Waals surface area contributed by atoms with Gasteiger partial charge < -0.3 is 14.4 Å². The largest absolute Gasteiger partial charge is 0.338 e. The van der Waals surface area contributed by atoms with Gasteiger partial charge in [0.15, 0.2) is 5.78 Å². The second-order valence-electron chi connectivity index (χ2n) is 7.60. The fourth-order valence-corrected chi connectivity index (χ4v) is 3.93. The van der Waals surface area contributed by atoms with E-state index in [0.29, 0.717) is 36.8 Å². The van der Waals surface area contributed by atoms with Crippen LogP contribution in [0.2, 0.25) is 0 Å². The molecule has 2 fully saturated rings. The fourth-order valence-electron chi connectivity index (χ4n) is 3.93. The van der Waals surface area contributed by atoms with Crippen LogP contribution >= 0.6 is 0 Å². The lowest BCUT2D eigenvalue weighted by Gasteiger charge is -2.32. The Kier molecular flexibility index (Phi) is 4.07. The van der Waals surface area contributed by atoms with Crippen LogP contribution < -0.4 is 4.90 Å². The van der Waals surface area contributed by atoms with Crippen LogP contribution in [0.25, 0.3) is 0 Å². The summed E-state index contributed by atoms with van der Waals surface area (Å²) < 4.78 is 25.3. The molecule has 144 valence electrons. The maximum atomic E-state index is 13.5. The molecule has 2 aromatic rings. The molecule has 5 rings (SSSR count). The first-order valence-corrected chi connectivity index (χ1v) is 9.63. The first kappa shape index (κ1) is 17.5. The molecule has 2 aromatic carbocycles. The van der Waals surface area contributed by atoms with Gasteiger partial charge in [-0.25, -0.2) is 4.39 Å². The molecule has 0 aromatic heterocycles. The van der Waals surface area contributed by atoms with Gasteiger partial charge in [0.05, 0.1) is 18.9 Å². The van der Waals surface area contributed by atoms with Crippen molar-refractivity contribution in [2.45, 2.75) is 25.0 Å². The summed E-state index contributed by atoms with van der Waals surface area (Å²) in [5.41, 5.74) is 1.94. The van der Waals surface area contributed by atoms with Crippen molar-refractivity contribution in [3.05, 3.63) is 65.0 Å². The molecule has 1 spiro atoms. The molecule has 1 aliphatic carbocycles. The highest BCUT2D eigenvalue weighted by molar-refractivity contribution is 6.11. The summed E-state index contributed by atoms with van der Waals surface area (Å²) in [5, 5.41) is 0. The van der Waals surface area contributed by atoms with Crippen molar-refractivity contribution in [1.29, 1.82) is 0 Å². The van der Waals surface area contributed by atoms with E-state index in [1.54, 1.807) is 29.2 Å². The molecule has 2 aliphatic heterocycles. The maximum absolute atomic E-state index is 13.5. The molecule has 1 saturated heterocycles. The van der Waals surface area contributed by atoms with E-state index in [4.69, 9.17) is 9.47 Å². The van der Waals surface area contributed by atoms with Gasteiger partial charge in [0.2, 0.25) is 0 Å². The number of carbonyl (C=O) groups is 2. The Morgan fingerprint density at radius 2 is 1.86 bits per heavy atom. The van der Waals surface area contributed by atoms with Gasteiger partial charge >= 0.3 is 0 Å². The molecular formula is C22H20FNO4. The third-order valence-corrected chi connectivity index (χ3v) is 5.55. The molecule has 3 aliphatic rings. The number of anilines is 1. The quantitative estimate of drug-likeness (QED) is 0.762. The van der Waals surface area contributed by atoms with Crippen molar-refractivity contribution in [2.75, 3.05) is 24.7 Å². The highest BCUT2D eigenvalue weighted by Gasteiger charge is 2.55. The van der Waals surface area contributed by atoms with Gasteiger partial charge in [0.1, 0.15) is 5.82 Å². The zero-order valence-corrected chi connectivity index (χ0v) is 15.3. The van der Waals surface area contributed by atoms with Crippen LogP contribution in [0.5, 0.6) is 0 Å². The number of carbonyl (C=O) groups excluding carboxylic acids is 2. The average molecular weight is 381 g/mol. The molecule has 0 radical (unpaired) electrons. The van der Waals surface area contributed by atoms with Crippen LogP contribution in [0, 0.1) is 11.7 Å². The van der Waals surface area contributed by atoms with Crippen LogP contribution in [-0.4, -0.2) is 31.4 Å². The molecule has 6 heteroatoms. The van der Waals surface area contributed by atoms with E-state index in [0.717, 1.165) is 24.9 Å². The number of ketones is 1. The Bertz CT molecular complexity index is 963.